The Morgan fingerprint density at radius 1 is 0.811 bits per heavy atom. The van der Waals surface area contributed by atoms with E-state index in [4.69, 9.17) is 18.9 Å². The number of aromatic hydroxyl groups is 2. The van der Waals surface area contributed by atoms with E-state index < -0.39 is 76.1 Å². The minimum Gasteiger partial charge on any atom is -0.507 e. The van der Waals surface area contributed by atoms with Crippen LogP contribution in [0.5, 0.6) is 17.2 Å². The van der Waals surface area contributed by atoms with Gasteiger partial charge in [-0.25, -0.2) is 4.79 Å². The van der Waals surface area contributed by atoms with Crippen LogP contribution in [0.1, 0.15) is 226 Å². The molecule has 15 nitrogen and oxygen atoms in total. The van der Waals surface area contributed by atoms with Crippen LogP contribution in [0, 0.1) is 92.2 Å². The molecule has 5 aliphatic heterocycles. The highest BCUT2D eigenvalue weighted by molar-refractivity contribution is 6.11. The quantitative estimate of drug-likeness (QED) is 0.0679. The van der Waals surface area contributed by atoms with Crippen molar-refractivity contribution >= 4 is 22.5 Å². The molecule has 10 saturated carbocycles. The zero-order chi connectivity index (χ0) is 61.6. The first-order chi connectivity index (χ1) is 43.3. The summed E-state index contributed by atoms with van der Waals surface area (Å²) in [6, 6.07) is 2.62. The smallest absolute Gasteiger partial charge is 0.335 e. The van der Waals surface area contributed by atoms with Crippen LogP contribution in [-0.4, -0.2) is 121 Å². The lowest BCUT2D eigenvalue weighted by atomic mass is 9.38. The molecule has 18 rings (SSSR count). The largest absolute Gasteiger partial charge is 0.507 e. The molecule has 15 heteroatoms. The summed E-state index contributed by atoms with van der Waals surface area (Å²) in [6.07, 6.45) is 29.1. The van der Waals surface area contributed by atoms with Crippen LogP contribution in [0.3, 0.4) is 0 Å². The summed E-state index contributed by atoms with van der Waals surface area (Å²) in [7, 11) is 0. The van der Waals surface area contributed by atoms with Gasteiger partial charge in [0.1, 0.15) is 35.1 Å². The number of hydrazine groups is 1. The zero-order valence-corrected chi connectivity index (χ0v) is 53.1. The van der Waals surface area contributed by atoms with E-state index in [2.05, 4.69) is 28.8 Å². The van der Waals surface area contributed by atoms with Crippen LogP contribution in [-0.2, 0) is 14.2 Å². The minimum absolute atomic E-state index is 0.0461. The standard InChI is InChI=1S/C75H96N2O13/c1-42-55(43(2)80)59(82)56-49(58(42)81)29-44(63(85)86)30-53(56)88-64-60(83)62(84)75-32-52-57-50(14-15-51(57)72(90-75)21-7-17-65(36-72)24-25-66(35-65)18-4-12-47(66)13-6-22-73(75,40-79)89-64)70(20-8-28-78)41-87-34-45-31-68-37-69(33-54(68)76-77-74(52,39-68)61(45)70)23-16-48-10-3-9-46-11-5-19-67(46)26-27-71(48,69)38-67/h14,29-30,45-48,52,54,60-62,64,76-79,81-84H,3-5,7-13,15-21,23-28,31-41H2,1-2H3,(H,85,86). The molecule has 484 valence electrons. The van der Waals surface area contributed by atoms with E-state index in [1.54, 1.807) is 0 Å². The fourth-order valence-electron chi connectivity index (χ4n) is 28.2. The number of ketones is 1. The third-order valence-electron chi connectivity index (χ3n) is 31.0. The molecule has 16 aliphatic rings. The third kappa shape index (κ3) is 7.21. The number of hydrogen-bond donors (Lipinski definition) is 9. The van der Waals surface area contributed by atoms with Gasteiger partial charge >= 0.3 is 5.97 Å². The maximum Gasteiger partial charge on any atom is 0.335 e. The Hall–Kier alpha value is -4.08. The minimum atomic E-state index is -2.08. The van der Waals surface area contributed by atoms with Crippen LogP contribution in [0.25, 0.3) is 10.8 Å². The lowest BCUT2D eigenvalue weighted by molar-refractivity contribution is -0.370. The monoisotopic (exact) mass is 1230 g/mol. The van der Waals surface area contributed by atoms with Crippen molar-refractivity contribution in [1.82, 2.24) is 10.9 Å². The number of aromatic carboxylic acids is 1. The molecule has 2 aromatic rings. The Morgan fingerprint density at radius 2 is 1.61 bits per heavy atom. The predicted octanol–water partition coefficient (Wildman–Crippen LogP) is 11.1. The van der Waals surface area contributed by atoms with E-state index in [0.29, 0.717) is 55.6 Å². The van der Waals surface area contributed by atoms with Crippen molar-refractivity contribution in [2.75, 3.05) is 26.4 Å². The van der Waals surface area contributed by atoms with Gasteiger partial charge in [0.25, 0.3) is 0 Å². The summed E-state index contributed by atoms with van der Waals surface area (Å²) < 4.78 is 29.9. The molecule has 0 aromatic heterocycles. The van der Waals surface area contributed by atoms with Crippen molar-refractivity contribution in [3.05, 3.63) is 51.6 Å². The van der Waals surface area contributed by atoms with Gasteiger partial charge in [-0.15, -0.1) is 0 Å². The topological polar surface area (TPSA) is 237 Å². The normalized spacial score (nSPS) is 49.5. The van der Waals surface area contributed by atoms with E-state index in [0.717, 1.165) is 88.9 Å². The van der Waals surface area contributed by atoms with Crippen molar-refractivity contribution in [3.63, 3.8) is 0 Å². The van der Waals surface area contributed by atoms with Crippen LogP contribution >= 0.6 is 0 Å². The molecule has 8 bridgehead atoms. The molecule has 3 saturated heterocycles. The first kappa shape index (κ1) is 58.5. The van der Waals surface area contributed by atoms with Crippen molar-refractivity contribution in [2.45, 2.75) is 253 Å². The number of nitrogens with one attached hydrogen (secondary N) is 2. The highest BCUT2D eigenvalue weighted by atomic mass is 16.7. The number of carbonyl (C=O) groups excluding carboxylic acids is 1. The number of carboxylic acids is 1. The number of carboxylic acid groups (broad SMARTS) is 1. The highest BCUT2D eigenvalue weighted by Gasteiger charge is 2.81. The average molecular weight is 1230 g/mol. The zero-order valence-electron chi connectivity index (χ0n) is 53.1. The van der Waals surface area contributed by atoms with E-state index in [1.165, 1.54) is 126 Å². The lowest BCUT2D eigenvalue weighted by Crippen LogP contribution is -2.82. The van der Waals surface area contributed by atoms with E-state index in [-0.39, 0.29) is 91.7 Å². The third-order valence-corrected chi connectivity index (χ3v) is 31.0. The van der Waals surface area contributed by atoms with Crippen LogP contribution in [0.2, 0.25) is 0 Å². The summed E-state index contributed by atoms with van der Waals surface area (Å²) in [4.78, 5) is 26.2. The Bertz CT molecular complexity index is 3590. The number of phenolic OH excluding ortho intramolecular Hbond substituents is 2. The molecule has 0 amide bonds. The fourth-order valence-corrected chi connectivity index (χ4v) is 28.2. The van der Waals surface area contributed by atoms with Crippen molar-refractivity contribution in [1.29, 1.82) is 0 Å². The molecular weight excluding hydrogens is 1140 g/mol. The Morgan fingerprint density at radius 3 is 2.42 bits per heavy atom. The lowest BCUT2D eigenvalue weighted by Gasteiger charge is -2.72. The second-order valence-corrected chi connectivity index (χ2v) is 34.1. The van der Waals surface area contributed by atoms with Crippen molar-refractivity contribution < 1.29 is 64.3 Å². The van der Waals surface area contributed by atoms with Gasteiger partial charge in [-0.3, -0.25) is 15.6 Å². The van der Waals surface area contributed by atoms with Crippen molar-refractivity contribution in [2.24, 2.45) is 73.4 Å². The molecule has 13 fully saturated rings. The summed E-state index contributed by atoms with van der Waals surface area (Å²) >= 11 is 0. The number of hydrogen-bond acceptors (Lipinski definition) is 14. The number of aliphatic hydroxyl groups is 4. The predicted molar refractivity (Wildman–Crippen MR) is 333 cm³/mol. The van der Waals surface area contributed by atoms with Gasteiger partial charge in [0.2, 0.25) is 6.29 Å². The van der Waals surface area contributed by atoms with Gasteiger partial charge in [0, 0.05) is 53.5 Å². The summed E-state index contributed by atoms with van der Waals surface area (Å²) in [5, 5.41) is 85.7. The van der Waals surface area contributed by atoms with Gasteiger partial charge in [0.05, 0.1) is 35.3 Å². The molecule has 5 heterocycles. The number of phenols is 2. The molecule has 9 N–H and O–H groups in total. The molecular formula is C75H96N2O13. The van der Waals surface area contributed by atoms with E-state index in [1.807, 2.05) is 0 Å². The number of rotatable bonds is 8. The Labute approximate surface area is 529 Å². The first-order valence-corrected chi connectivity index (χ1v) is 35.7. The molecule has 21 unspecified atom stereocenters. The second-order valence-electron chi connectivity index (χ2n) is 34.1. The Kier molecular flexibility index (Phi) is 12.6. The fraction of sp³-hybridized carbons (Fsp3) is 0.760. The number of carbonyl (C=O) groups is 2. The summed E-state index contributed by atoms with van der Waals surface area (Å²) in [5.41, 5.74) is 7.07. The number of aliphatic hydroxyl groups excluding tert-OH is 4. The SMILES string of the molecule is CC(=O)c1c(C)c(O)c2cc(C(=O)O)cc(OC3OC4(CO)C#CCC5CCCC56CCC5(CCCC7(C5)OC4(CC4C5=C7CC=C5C5(CCCO)COCC7CC89CC4(NNC8CC4(CCC8CCCC%10CCCC%10%11CCC84C%11)C9)C75)C(O)C3O)C6)c2c1O. The second kappa shape index (κ2) is 19.3. The van der Waals surface area contributed by atoms with E-state index >= 15 is 0 Å². The number of Topliss-reactive ketones (excluding diaryl/α,β-unsaturated/α-hetero) is 1. The molecule has 11 aliphatic carbocycles. The molecule has 21 atom stereocenters. The van der Waals surface area contributed by atoms with Gasteiger partial charge < -0.3 is 54.7 Å². The molecule has 0 radical (unpaired) electrons. The molecule has 9 spiro atoms. The maximum absolute atomic E-state index is 14.2. The van der Waals surface area contributed by atoms with Crippen molar-refractivity contribution in [3.8, 4) is 29.1 Å². The summed E-state index contributed by atoms with van der Waals surface area (Å²) in [5.74, 6) is 5.93. The molecule has 2 aromatic carbocycles. The highest BCUT2D eigenvalue weighted by Crippen LogP contribution is 2.83. The Balaban J connectivity index is 0.834. The number of ether oxygens (including phenoxy) is 4. The van der Waals surface area contributed by atoms with E-state index in [9.17, 15) is 45.3 Å². The number of fused-ring (bicyclic) bond motifs is 2. The van der Waals surface area contributed by atoms with Crippen LogP contribution < -0.4 is 15.6 Å². The molecule has 90 heavy (non-hydrogen) atoms. The van der Waals surface area contributed by atoms with Crippen LogP contribution in [0.4, 0.5) is 0 Å². The first-order valence-electron chi connectivity index (χ1n) is 35.7. The maximum atomic E-state index is 14.2. The average Bonchev–Trinajstić information content (AvgIpc) is 1.45. The van der Waals surface area contributed by atoms with Gasteiger partial charge in [0.15, 0.2) is 11.4 Å². The van der Waals surface area contributed by atoms with Gasteiger partial charge in [-0.1, -0.05) is 37.2 Å². The number of allylic oxidation sites excluding steroid dienone is 1. The van der Waals surface area contributed by atoms with Crippen LogP contribution in [0.15, 0.2) is 34.9 Å². The number of benzene rings is 2. The summed E-state index contributed by atoms with van der Waals surface area (Å²) in [6.45, 7) is 3.24. The van der Waals surface area contributed by atoms with Gasteiger partial charge in [-0.05, 0) is 272 Å². The van der Waals surface area contributed by atoms with Gasteiger partial charge in [-0.2, -0.15) is 0 Å².